The lowest BCUT2D eigenvalue weighted by atomic mass is 9.78. The molecule has 0 aromatic rings. The van der Waals surface area contributed by atoms with Crippen LogP contribution in [-0.4, -0.2) is 6.29 Å². The molecule has 2 bridgehead atoms. The minimum Gasteiger partial charge on any atom is -0.303 e. The van der Waals surface area contributed by atoms with Crippen molar-refractivity contribution >= 4 is 6.29 Å². The normalized spacial score (nSPS) is 44.7. The van der Waals surface area contributed by atoms with Gasteiger partial charge in [0.2, 0.25) is 0 Å². The van der Waals surface area contributed by atoms with Crippen LogP contribution < -0.4 is 0 Å². The van der Waals surface area contributed by atoms with Crippen LogP contribution in [-0.2, 0) is 4.79 Å². The summed E-state index contributed by atoms with van der Waals surface area (Å²) in [5, 5.41) is 0. The van der Waals surface area contributed by atoms with E-state index in [9.17, 15) is 4.79 Å². The van der Waals surface area contributed by atoms with E-state index in [1.807, 2.05) is 0 Å². The number of allylic oxidation sites excluding steroid dienone is 1. The van der Waals surface area contributed by atoms with Crippen LogP contribution in [0.1, 0.15) is 25.7 Å². The second kappa shape index (κ2) is 3.04. The lowest BCUT2D eigenvalue weighted by Gasteiger charge is -2.26. The van der Waals surface area contributed by atoms with Gasteiger partial charge in [0.25, 0.3) is 0 Å². The third kappa shape index (κ3) is 1.03. The number of hydrogen-bond acceptors (Lipinski definition) is 1. The highest BCUT2D eigenvalue weighted by atomic mass is 16.1. The van der Waals surface area contributed by atoms with Crippen molar-refractivity contribution < 1.29 is 4.79 Å². The topological polar surface area (TPSA) is 17.1 Å². The fourth-order valence-electron chi connectivity index (χ4n) is 3.28. The molecule has 1 heteroatoms. The zero-order valence-corrected chi connectivity index (χ0v) is 7.41. The summed E-state index contributed by atoms with van der Waals surface area (Å²) in [4.78, 5) is 10.5. The summed E-state index contributed by atoms with van der Waals surface area (Å²) in [6.45, 7) is 3.88. The summed E-state index contributed by atoms with van der Waals surface area (Å²) < 4.78 is 0. The predicted octanol–water partition coefficient (Wildman–Crippen LogP) is 2.42. The van der Waals surface area contributed by atoms with Gasteiger partial charge in [0.1, 0.15) is 6.29 Å². The van der Waals surface area contributed by atoms with E-state index in [0.717, 1.165) is 24.5 Å². The molecule has 4 atom stereocenters. The molecule has 0 heterocycles. The molecular weight excluding hydrogens is 148 g/mol. The highest BCUT2D eigenvalue weighted by molar-refractivity contribution is 5.50. The zero-order chi connectivity index (χ0) is 8.55. The van der Waals surface area contributed by atoms with E-state index >= 15 is 0 Å². The van der Waals surface area contributed by atoms with Gasteiger partial charge in [-0.25, -0.2) is 0 Å². The molecule has 12 heavy (non-hydrogen) atoms. The van der Waals surface area contributed by atoms with Crippen LogP contribution in [0.3, 0.4) is 0 Å². The summed E-state index contributed by atoms with van der Waals surface area (Å²) in [6, 6.07) is 0. The van der Waals surface area contributed by atoms with Crippen LogP contribution in [0, 0.1) is 23.7 Å². The lowest BCUT2D eigenvalue weighted by molar-refractivity contribution is -0.109. The summed E-state index contributed by atoms with van der Waals surface area (Å²) >= 11 is 0. The predicted molar refractivity (Wildman–Crippen MR) is 48.7 cm³/mol. The van der Waals surface area contributed by atoms with Crippen LogP contribution in [0.4, 0.5) is 0 Å². The molecule has 4 unspecified atom stereocenters. The maximum Gasteiger partial charge on any atom is 0.120 e. The van der Waals surface area contributed by atoms with Crippen molar-refractivity contribution in [1.29, 1.82) is 0 Å². The van der Waals surface area contributed by atoms with Gasteiger partial charge in [0.05, 0.1) is 0 Å². The van der Waals surface area contributed by atoms with Crippen molar-refractivity contribution in [2.24, 2.45) is 23.7 Å². The first-order valence-corrected chi connectivity index (χ1v) is 4.93. The second-order valence-electron chi connectivity index (χ2n) is 4.21. The molecule has 2 rings (SSSR count). The van der Waals surface area contributed by atoms with E-state index in [1.165, 1.54) is 19.3 Å². The number of aldehydes is 1. The van der Waals surface area contributed by atoms with Crippen molar-refractivity contribution in [3.05, 3.63) is 12.7 Å². The molecule has 0 aliphatic heterocycles. The molecule has 2 fully saturated rings. The summed E-state index contributed by atoms with van der Waals surface area (Å²) in [6.07, 6.45) is 8.01. The van der Waals surface area contributed by atoms with Gasteiger partial charge in [-0.2, -0.15) is 0 Å². The zero-order valence-electron chi connectivity index (χ0n) is 7.41. The van der Waals surface area contributed by atoms with Gasteiger partial charge in [0.15, 0.2) is 0 Å². The molecule has 1 nitrogen and oxygen atoms in total. The molecule has 2 saturated carbocycles. The first kappa shape index (κ1) is 8.03. The average molecular weight is 164 g/mol. The number of rotatable bonds is 3. The van der Waals surface area contributed by atoms with Crippen LogP contribution >= 0.6 is 0 Å². The average Bonchev–Trinajstić information content (AvgIpc) is 2.64. The minimum atomic E-state index is 0.638. The fourth-order valence-corrected chi connectivity index (χ4v) is 3.28. The lowest BCUT2D eigenvalue weighted by Crippen LogP contribution is -2.20. The Morgan fingerprint density at radius 3 is 2.75 bits per heavy atom. The third-order valence-corrected chi connectivity index (χ3v) is 3.80. The third-order valence-electron chi connectivity index (χ3n) is 3.80. The van der Waals surface area contributed by atoms with E-state index in [4.69, 9.17) is 0 Å². The molecular formula is C11H16O. The second-order valence-corrected chi connectivity index (χ2v) is 4.21. The Morgan fingerprint density at radius 1 is 1.33 bits per heavy atom. The molecule has 0 saturated heterocycles. The van der Waals surface area contributed by atoms with E-state index in [2.05, 4.69) is 12.7 Å². The number of hydrogen-bond donors (Lipinski definition) is 0. The van der Waals surface area contributed by atoms with Gasteiger partial charge in [-0.1, -0.05) is 6.08 Å². The Bertz CT molecular complexity index is 197. The molecule has 66 valence electrons. The van der Waals surface area contributed by atoms with E-state index in [0.29, 0.717) is 11.8 Å². The highest BCUT2D eigenvalue weighted by Crippen LogP contribution is 2.53. The molecule has 2 aliphatic rings. The minimum absolute atomic E-state index is 0.638. The SMILES string of the molecule is C=CC1C2CCC(C2)C1CC=O. The molecule has 0 amide bonds. The largest absolute Gasteiger partial charge is 0.303 e. The Morgan fingerprint density at radius 2 is 2.08 bits per heavy atom. The van der Waals surface area contributed by atoms with Crippen LogP contribution in [0.15, 0.2) is 12.7 Å². The highest BCUT2D eigenvalue weighted by Gasteiger charge is 2.45. The van der Waals surface area contributed by atoms with Gasteiger partial charge in [0, 0.05) is 6.42 Å². The molecule has 0 N–H and O–H groups in total. The monoisotopic (exact) mass is 164 g/mol. The van der Waals surface area contributed by atoms with Gasteiger partial charge in [-0.05, 0) is 42.9 Å². The Hall–Kier alpha value is -0.590. The molecule has 0 aromatic heterocycles. The van der Waals surface area contributed by atoms with Crippen molar-refractivity contribution in [3.8, 4) is 0 Å². The summed E-state index contributed by atoms with van der Waals surface area (Å²) in [7, 11) is 0. The first-order chi connectivity index (χ1) is 5.86. The Labute approximate surface area is 73.8 Å². The van der Waals surface area contributed by atoms with Crippen molar-refractivity contribution in [2.75, 3.05) is 0 Å². The quantitative estimate of drug-likeness (QED) is 0.462. The van der Waals surface area contributed by atoms with Crippen molar-refractivity contribution in [1.82, 2.24) is 0 Å². The molecule has 0 aromatic carbocycles. The van der Waals surface area contributed by atoms with E-state index < -0.39 is 0 Å². The van der Waals surface area contributed by atoms with Crippen LogP contribution in [0.2, 0.25) is 0 Å². The summed E-state index contributed by atoms with van der Waals surface area (Å²) in [5.41, 5.74) is 0. The maximum absolute atomic E-state index is 10.5. The van der Waals surface area contributed by atoms with E-state index in [1.54, 1.807) is 0 Å². The van der Waals surface area contributed by atoms with Crippen molar-refractivity contribution in [3.63, 3.8) is 0 Å². The van der Waals surface area contributed by atoms with Crippen LogP contribution in [0.25, 0.3) is 0 Å². The maximum atomic E-state index is 10.5. The van der Waals surface area contributed by atoms with Crippen molar-refractivity contribution in [2.45, 2.75) is 25.7 Å². The Kier molecular flexibility index (Phi) is 2.03. The standard InChI is InChI=1S/C11H16O/c1-2-10-8-3-4-9(7-8)11(10)5-6-12/h2,6,8-11H,1,3-5,7H2. The van der Waals surface area contributed by atoms with Gasteiger partial charge >= 0.3 is 0 Å². The number of carbonyl (C=O) groups excluding carboxylic acids is 1. The Balaban J connectivity index is 2.10. The molecule has 2 aliphatic carbocycles. The number of fused-ring (bicyclic) bond motifs is 2. The first-order valence-electron chi connectivity index (χ1n) is 4.93. The van der Waals surface area contributed by atoms with Gasteiger partial charge < -0.3 is 4.79 Å². The van der Waals surface area contributed by atoms with E-state index in [-0.39, 0.29) is 0 Å². The smallest absolute Gasteiger partial charge is 0.120 e. The van der Waals surface area contributed by atoms with Gasteiger partial charge in [-0.15, -0.1) is 6.58 Å². The molecule has 0 radical (unpaired) electrons. The number of carbonyl (C=O) groups is 1. The summed E-state index contributed by atoms with van der Waals surface area (Å²) in [5.74, 6) is 2.98. The van der Waals surface area contributed by atoms with Gasteiger partial charge in [-0.3, -0.25) is 0 Å². The molecule has 0 spiro atoms. The van der Waals surface area contributed by atoms with Crippen LogP contribution in [0.5, 0.6) is 0 Å². The fraction of sp³-hybridized carbons (Fsp3) is 0.727.